The highest BCUT2D eigenvalue weighted by Crippen LogP contribution is 2.30. The number of aromatic nitrogens is 1. The Morgan fingerprint density at radius 1 is 1.47 bits per heavy atom. The molecule has 0 fully saturated rings. The molecule has 0 aliphatic rings. The van der Waals surface area contributed by atoms with Gasteiger partial charge in [-0.2, -0.15) is 0 Å². The summed E-state index contributed by atoms with van der Waals surface area (Å²) in [7, 11) is 0. The van der Waals surface area contributed by atoms with E-state index in [0.29, 0.717) is 11.6 Å². The molecule has 0 bridgehead atoms. The van der Waals surface area contributed by atoms with E-state index in [1.807, 2.05) is 30.5 Å². The Kier molecular flexibility index (Phi) is 3.23. The molecule has 1 heterocycles. The van der Waals surface area contributed by atoms with E-state index in [4.69, 9.17) is 16.3 Å². The Bertz CT molecular complexity index is 442. The highest BCUT2D eigenvalue weighted by atomic mass is 35.5. The van der Waals surface area contributed by atoms with Gasteiger partial charge in [-0.3, -0.25) is 0 Å². The van der Waals surface area contributed by atoms with E-state index in [0.717, 1.165) is 17.0 Å². The summed E-state index contributed by atoms with van der Waals surface area (Å²) in [4.78, 5) is 4.22. The summed E-state index contributed by atoms with van der Waals surface area (Å²) in [6.45, 7) is 2.56. The van der Waals surface area contributed by atoms with Crippen LogP contribution in [-0.2, 0) is 0 Å². The molecule has 0 spiro atoms. The number of ether oxygens (including phenoxy) is 1. The fraction of sp³-hybridized carbons (Fsp3) is 0.182. The molecule has 2 rings (SSSR count). The van der Waals surface area contributed by atoms with Gasteiger partial charge >= 0.3 is 0 Å². The lowest BCUT2D eigenvalue weighted by atomic mass is 10.2. The van der Waals surface area contributed by atoms with E-state index in [1.165, 1.54) is 0 Å². The molecule has 2 nitrogen and oxygen atoms in total. The fourth-order valence-electron chi connectivity index (χ4n) is 1.29. The zero-order valence-corrected chi connectivity index (χ0v) is 9.81. The van der Waals surface area contributed by atoms with Gasteiger partial charge in [-0.25, -0.2) is 4.98 Å². The molecular formula is C11H10ClNOS. The Morgan fingerprint density at radius 2 is 2.33 bits per heavy atom. The number of hydrogen-bond acceptors (Lipinski definition) is 3. The van der Waals surface area contributed by atoms with E-state index in [9.17, 15) is 0 Å². The van der Waals surface area contributed by atoms with Crippen molar-refractivity contribution in [2.24, 2.45) is 0 Å². The fourth-order valence-corrected chi connectivity index (χ4v) is 2.08. The van der Waals surface area contributed by atoms with Crippen LogP contribution in [0.1, 0.15) is 6.92 Å². The summed E-state index contributed by atoms with van der Waals surface area (Å²) in [5.74, 6) is 0.721. The van der Waals surface area contributed by atoms with Gasteiger partial charge < -0.3 is 4.74 Å². The molecule has 0 aliphatic heterocycles. The van der Waals surface area contributed by atoms with Gasteiger partial charge in [0.1, 0.15) is 5.75 Å². The van der Waals surface area contributed by atoms with Gasteiger partial charge in [0.05, 0.1) is 22.8 Å². The summed E-state index contributed by atoms with van der Waals surface area (Å²) in [5.41, 5.74) is 3.77. The molecule has 0 N–H and O–H groups in total. The average molecular weight is 240 g/mol. The smallest absolute Gasteiger partial charge is 0.137 e. The van der Waals surface area contributed by atoms with Crippen LogP contribution in [-0.4, -0.2) is 11.6 Å². The van der Waals surface area contributed by atoms with Crippen LogP contribution in [0.15, 0.2) is 29.1 Å². The topological polar surface area (TPSA) is 22.1 Å². The van der Waals surface area contributed by atoms with Crippen LogP contribution in [0.4, 0.5) is 0 Å². The number of halogens is 1. The average Bonchev–Trinajstić information content (AvgIpc) is 2.74. The molecule has 78 valence electrons. The Balaban J connectivity index is 2.33. The first kappa shape index (κ1) is 10.5. The molecule has 0 unspecified atom stereocenters. The minimum absolute atomic E-state index is 0.621. The van der Waals surface area contributed by atoms with Crippen molar-refractivity contribution >= 4 is 22.9 Å². The van der Waals surface area contributed by atoms with Crippen molar-refractivity contribution in [1.82, 2.24) is 4.98 Å². The molecule has 0 aliphatic carbocycles. The number of benzene rings is 1. The summed E-state index contributed by atoms with van der Waals surface area (Å²) >= 11 is 7.64. The van der Waals surface area contributed by atoms with Crippen molar-refractivity contribution < 1.29 is 4.74 Å². The standard InChI is InChI=1S/C11H10ClNOS/c1-2-14-11-4-3-8(5-9(11)12)10-6-15-7-13-10/h3-7H,2H2,1H3. The largest absolute Gasteiger partial charge is 0.492 e. The summed E-state index contributed by atoms with van der Waals surface area (Å²) in [6, 6.07) is 5.72. The quantitative estimate of drug-likeness (QED) is 0.812. The summed E-state index contributed by atoms with van der Waals surface area (Å²) in [5, 5.41) is 2.62. The third kappa shape index (κ3) is 2.30. The number of thiazole rings is 1. The maximum atomic E-state index is 6.08. The third-order valence-corrected chi connectivity index (χ3v) is 2.84. The number of nitrogens with zero attached hydrogens (tertiary/aromatic N) is 1. The van der Waals surface area contributed by atoms with Gasteiger partial charge in [-0.1, -0.05) is 11.6 Å². The van der Waals surface area contributed by atoms with E-state index >= 15 is 0 Å². The lowest BCUT2D eigenvalue weighted by Crippen LogP contribution is -1.92. The second-order valence-electron chi connectivity index (χ2n) is 2.95. The molecule has 0 saturated carbocycles. The van der Waals surface area contributed by atoms with E-state index in [-0.39, 0.29) is 0 Å². The lowest BCUT2D eigenvalue weighted by molar-refractivity contribution is 0.340. The van der Waals surface area contributed by atoms with Gasteiger partial charge in [0.25, 0.3) is 0 Å². The maximum absolute atomic E-state index is 6.08. The molecule has 0 saturated heterocycles. The molecule has 0 radical (unpaired) electrons. The van der Waals surface area contributed by atoms with Crippen LogP contribution in [0.3, 0.4) is 0 Å². The second-order valence-corrected chi connectivity index (χ2v) is 4.08. The highest BCUT2D eigenvalue weighted by Gasteiger charge is 2.05. The van der Waals surface area contributed by atoms with Gasteiger partial charge in [0, 0.05) is 10.9 Å². The lowest BCUT2D eigenvalue weighted by Gasteiger charge is -2.06. The van der Waals surface area contributed by atoms with Crippen LogP contribution in [0, 0.1) is 0 Å². The zero-order valence-electron chi connectivity index (χ0n) is 8.24. The minimum Gasteiger partial charge on any atom is -0.492 e. The van der Waals surface area contributed by atoms with Crippen molar-refractivity contribution in [1.29, 1.82) is 0 Å². The first-order valence-corrected chi connectivity index (χ1v) is 5.94. The Labute approximate surface area is 97.5 Å². The van der Waals surface area contributed by atoms with Crippen LogP contribution in [0.5, 0.6) is 5.75 Å². The molecule has 4 heteroatoms. The van der Waals surface area contributed by atoms with Gasteiger partial charge in [-0.15, -0.1) is 11.3 Å². The van der Waals surface area contributed by atoms with Crippen molar-refractivity contribution in [3.8, 4) is 17.0 Å². The van der Waals surface area contributed by atoms with E-state index in [1.54, 1.807) is 16.8 Å². The van der Waals surface area contributed by atoms with Crippen molar-refractivity contribution in [2.45, 2.75) is 6.92 Å². The molecule has 15 heavy (non-hydrogen) atoms. The molecule has 0 amide bonds. The number of rotatable bonds is 3. The predicted octanol–water partition coefficient (Wildman–Crippen LogP) is 3.86. The Hall–Kier alpha value is -1.06. The summed E-state index contributed by atoms with van der Waals surface area (Å²) < 4.78 is 5.36. The normalized spacial score (nSPS) is 10.3. The third-order valence-electron chi connectivity index (χ3n) is 1.96. The van der Waals surface area contributed by atoms with E-state index < -0.39 is 0 Å². The predicted molar refractivity (Wildman–Crippen MR) is 63.7 cm³/mol. The van der Waals surface area contributed by atoms with Crippen LogP contribution < -0.4 is 4.74 Å². The molecule has 2 aromatic rings. The SMILES string of the molecule is CCOc1ccc(-c2cscn2)cc1Cl. The van der Waals surface area contributed by atoms with Crippen LogP contribution >= 0.6 is 22.9 Å². The van der Waals surface area contributed by atoms with Crippen molar-refractivity contribution in [3.63, 3.8) is 0 Å². The highest BCUT2D eigenvalue weighted by molar-refractivity contribution is 7.07. The number of hydrogen-bond donors (Lipinski definition) is 0. The maximum Gasteiger partial charge on any atom is 0.137 e. The van der Waals surface area contributed by atoms with Gasteiger partial charge in [0.15, 0.2) is 0 Å². The van der Waals surface area contributed by atoms with Crippen molar-refractivity contribution in [2.75, 3.05) is 6.61 Å². The zero-order chi connectivity index (χ0) is 10.7. The molecule has 0 atom stereocenters. The molecular weight excluding hydrogens is 230 g/mol. The van der Waals surface area contributed by atoms with Crippen molar-refractivity contribution in [3.05, 3.63) is 34.1 Å². The monoisotopic (exact) mass is 239 g/mol. The molecule has 1 aromatic heterocycles. The van der Waals surface area contributed by atoms with Crippen LogP contribution in [0.2, 0.25) is 5.02 Å². The van der Waals surface area contributed by atoms with Crippen LogP contribution in [0.25, 0.3) is 11.3 Å². The van der Waals surface area contributed by atoms with Gasteiger partial charge in [-0.05, 0) is 25.1 Å². The Morgan fingerprint density at radius 3 is 2.93 bits per heavy atom. The minimum atomic E-state index is 0.621. The molecule has 1 aromatic carbocycles. The summed E-state index contributed by atoms with van der Waals surface area (Å²) in [6.07, 6.45) is 0. The van der Waals surface area contributed by atoms with E-state index in [2.05, 4.69) is 4.98 Å². The first-order valence-electron chi connectivity index (χ1n) is 4.62. The second kappa shape index (κ2) is 4.64. The first-order chi connectivity index (χ1) is 7.31. The van der Waals surface area contributed by atoms with Gasteiger partial charge in [0.2, 0.25) is 0 Å².